The van der Waals surface area contributed by atoms with E-state index in [4.69, 9.17) is 11.6 Å². The van der Waals surface area contributed by atoms with Gasteiger partial charge in [0.15, 0.2) is 16.0 Å². The van der Waals surface area contributed by atoms with Crippen LogP contribution in [0.1, 0.15) is 34.9 Å². The zero-order valence-corrected chi connectivity index (χ0v) is 13.0. The molecular weight excluding hydrogens is 316 g/mol. The molecule has 0 saturated heterocycles. The number of hydrogen-bond donors (Lipinski definition) is 1. The van der Waals surface area contributed by atoms with E-state index in [1.54, 1.807) is 0 Å². The van der Waals surface area contributed by atoms with Crippen LogP contribution < -0.4 is 5.32 Å². The van der Waals surface area contributed by atoms with E-state index < -0.39 is 0 Å². The molecule has 0 aliphatic heterocycles. The van der Waals surface area contributed by atoms with Crippen LogP contribution in [0, 0.1) is 0 Å². The molecule has 1 N–H and O–H groups in total. The van der Waals surface area contributed by atoms with Gasteiger partial charge in [0, 0.05) is 11.3 Å². The fourth-order valence-corrected chi connectivity index (χ4v) is 2.98. The third-order valence-corrected chi connectivity index (χ3v) is 4.47. The van der Waals surface area contributed by atoms with Crippen molar-refractivity contribution in [2.24, 2.45) is 0 Å². The van der Waals surface area contributed by atoms with E-state index in [9.17, 15) is 4.79 Å². The Bertz CT molecular complexity index is 657. The SMILES string of the molecule is CSc1ncc(Cl)c(C(=O)Nc2nc(C3CC3)cs2)n1. The predicted molar refractivity (Wildman–Crippen MR) is 80.9 cm³/mol. The van der Waals surface area contributed by atoms with E-state index >= 15 is 0 Å². The summed E-state index contributed by atoms with van der Waals surface area (Å²) in [5.41, 5.74) is 1.23. The summed E-state index contributed by atoms with van der Waals surface area (Å²) in [5.74, 6) is 0.215. The Kier molecular flexibility index (Phi) is 3.91. The number of aromatic nitrogens is 3. The topological polar surface area (TPSA) is 67.8 Å². The molecule has 0 radical (unpaired) electrons. The van der Waals surface area contributed by atoms with Crippen LogP contribution in [0.15, 0.2) is 16.7 Å². The zero-order chi connectivity index (χ0) is 14.1. The van der Waals surface area contributed by atoms with Crippen molar-refractivity contribution in [1.82, 2.24) is 15.0 Å². The Morgan fingerprint density at radius 1 is 1.50 bits per heavy atom. The molecule has 2 aromatic rings. The Hall–Kier alpha value is -1.18. The fourth-order valence-electron chi connectivity index (χ4n) is 1.68. The molecule has 0 unspecified atom stereocenters. The second-order valence-electron chi connectivity index (χ2n) is 4.36. The summed E-state index contributed by atoms with van der Waals surface area (Å²) in [7, 11) is 0. The van der Waals surface area contributed by atoms with Crippen LogP contribution >= 0.6 is 34.7 Å². The number of carbonyl (C=O) groups is 1. The fraction of sp³-hybridized carbons (Fsp3) is 0.333. The molecule has 8 heteroatoms. The number of nitrogens with zero attached hydrogens (tertiary/aromatic N) is 3. The normalized spacial score (nSPS) is 14.3. The van der Waals surface area contributed by atoms with Crippen LogP contribution in [0.2, 0.25) is 5.02 Å². The molecule has 1 saturated carbocycles. The number of rotatable bonds is 4. The van der Waals surface area contributed by atoms with Gasteiger partial charge in [-0.1, -0.05) is 23.4 Å². The summed E-state index contributed by atoms with van der Waals surface area (Å²) in [6, 6.07) is 0. The maximum absolute atomic E-state index is 12.2. The van der Waals surface area contributed by atoms with Gasteiger partial charge >= 0.3 is 0 Å². The Morgan fingerprint density at radius 2 is 2.30 bits per heavy atom. The van der Waals surface area contributed by atoms with Crippen molar-refractivity contribution < 1.29 is 4.79 Å². The predicted octanol–water partition coefficient (Wildman–Crippen LogP) is 3.44. The van der Waals surface area contributed by atoms with Crippen LogP contribution in [0.3, 0.4) is 0 Å². The lowest BCUT2D eigenvalue weighted by molar-refractivity contribution is 0.102. The molecule has 1 aliphatic carbocycles. The number of thiazole rings is 1. The maximum atomic E-state index is 12.2. The van der Waals surface area contributed by atoms with Crippen molar-refractivity contribution in [2.45, 2.75) is 23.9 Å². The standard InChI is InChI=1S/C12H11ClN4OS2/c1-19-11-14-4-7(13)9(16-11)10(18)17-12-15-8(5-20-12)6-2-3-6/h4-6H,2-3H2,1H3,(H,15,17,18). The minimum Gasteiger partial charge on any atom is -0.296 e. The molecule has 1 fully saturated rings. The quantitative estimate of drug-likeness (QED) is 0.688. The van der Waals surface area contributed by atoms with Crippen LogP contribution in [-0.2, 0) is 0 Å². The van der Waals surface area contributed by atoms with Gasteiger partial charge in [-0.25, -0.2) is 15.0 Å². The molecule has 2 heterocycles. The highest BCUT2D eigenvalue weighted by Crippen LogP contribution is 2.40. The summed E-state index contributed by atoms with van der Waals surface area (Å²) in [6.45, 7) is 0. The largest absolute Gasteiger partial charge is 0.296 e. The molecule has 2 aromatic heterocycles. The van der Waals surface area contributed by atoms with Crippen LogP contribution in [0.4, 0.5) is 5.13 Å². The third-order valence-electron chi connectivity index (χ3n) is 2.86. The molecule has 1 aliphatic rings. The summed E-state index contributed by atoms with van der Waals surface area (Å²) >= 11 is 8.75. The van der Waals surface area contributed by atoms with Crippen molar-refractivity contribution in [3.63, 3.8) is 0 Å². The minimum absolute atomic E-state index is 0.175. The number of carbonyl (C=O) groups excluding carboxylic acids is 1. The van der Waals surface area contributed by atoms with Crippen LogP contribution in [0.25, 0.3) is 0 Å². The number of halogens is 1. The van der Waals surface area contributed by atoms with Gasteiger partial charge in [0.2, 0.25) is 0 Å². The smallest absolute Gasteiger partial charge is 0.277 e. The molecule has 1 amide bonds. The second-order valence-corrected chi connectivity index (χ2v) is 6.40. The van der Waals surface area contributed by atoms with E-state index in [1.165, 1.54) is 42.1 Å². The number of hydrogen-bond acceptors (Lipinski definition) is 6. The van der Waals surface area contributed by atoms with Crippen molar-refractivity contribution >= 4 is 45.7 Å². The number of thioether (sulfide) groups is 1. The second kappa shape index (κ2) is 5.67. The number of anilines is 1. The minimum atomic E-state index is -0.357. The molecule has 104 valence electrons. The molecule has 20 heavy (non-hydrogen) atoms. The van der Waals surface area contributed by atoms with Gasteiger partial charge in [0.1, 0.15) is 0 Å². The van der Waals surface area contributed by atoms with E-state index in [2.05, 4.69) is 20.3 Å². The summed E-state index contributed by atoms with van der Waals surface area (Å²) in [6.07, 6.45) is 5.65. The average molecular weight is 327 g/mol. The van der Waals surface area contributed by atoms with Crippen molar-refractivity contribution in [1.29, 1.82) is 0 Å². The first-order valence-electron chi connectivity index (χ1n) is 6.00. The first kappa shape index (κ1) is 13.8. The third kappa shape index (κ3) is 2.94. The molecule has 5 nitrogen and oxygen atoms in total. The van der Waals surface area contributed by atoms with E-state index in [0.717, 1.165) is 5.69 Å². The maximum Gasteiger partial charge on any atom is 0.277 e. The summed E-state index contributed by atoms with van der Waals surface area (Å²) in [4.78, 5) is 24.7. The Morgan fingerprint density at radius 3 is 3.00 bits per heavy atom. The van der Waals surface area contributed by atoms with E-state index in [0.29, 0.717) is 16.2 Å². The van der Waals surface area contributed by atoms with Gasteiger partial charge in [0.05, 0.1) is 16.9 Å². The Balaban J connectivity index is 1.77. The lowest BCUT2D eigenvalue weighted by Crippen LogP contribution is -2.15. The first-order chi connectivity index (χ1) is 9.67. The highest BCUT2D eigenvalue weighted by molar-refractivity contribution is 7.98. The van der Waals surface area contributed by atoms with Crippen molar-refractivity contribution in [3.05, 3.63) is 28.0 Å². The average Bonchev–Trinajstić information content (AvgIpc) is 3.20. The molecule has 0 atom stereocenters. The molecule has 0 spiro atoms. The molecular formula is C12H11ClN4OS2. The van der Waals surface area contributed by atoms with Gasteiger partial charge in [-0.3, -0.25) is 10.1 Å². The van der Waals surface area contributed by atoms with Gasteiger partial charge in [-0.2, -0.15) is 0 Å². The number of amides is 1. The van der Waals surface area contributed by atoms with Gasteiger partial charge in [-0.15, -0.1) is 11.3 Å². The lowest BCUT2D eigenvalue weighted by atomic mass is 10.3. The lowest BCUT2D eigenvalue weighted by Gasteiger charge is -2.04. The van der Waals surface area contributed by atoms with Gasteiger partial charge in [0.25, 0.3) is 5.91 Å². The molecule has 0 aromatic carbocycles. The van der Waals surface area contributed by atoms with Gasteiger partial charge < -0.3 is 0 Å². The molecule has 3 rings (SSSR count). The van der Waals surface area contributed by atoms with Crippen LogP contribution in [0.5, 0.6) is 0 Å². The number of nitrogens with one attached hydrogen (secondary N) is 1. The van der Waals surface area contributed by atoms with Crippen LogP contribution in [-0.4, -0.2) is 27.1 Å². The van der Waals surface area contributed by atoms with Gasteiger partial charge in [-0.05, 0) is 19.1 Å². The monoisotopic (exact) mass is 326 g/mol. The van der Waals surface area contributed by atoms with E-state index in [1.807, 2.05) is 11.6 Å². The van der Waals surface area contributed by atoms with Crippen molar-refractivity contribution in [3.8, 4) is 0 Å². The Labute approximate surface area is 129 Å². The summed E-state index contributed by atoms with van der Waals surface area (Å²) in [5, 5.41) is 6.05. The highest BCUT2D eigenvalue weighted by atomic mass is 35.5. The summed E-state index contributed by atoms with van der Waals surface area (Å²) < 4.78 is 0. The zero-order valence-electron chi connectivity index (χ0n) is 10.6. The van der Waals surface area contributed by atoms with E-state index in [-0.39, 0.29) is 16.6 Å². The first-order valence-corrected chi connectivity index (χ1v) is 8.49. The van der Waals surface area contributed by atoms with Crippen molar-refractivity contribution in [2.75, 3.05) is 11.6 Å². The highest BCUT2D eigenvalue weighted by Gasteiger charge is 2.26. The molecule has 0 bridgehead atoms.